The molecule has 3 heteroatoms. The van der Waals surface area contributed by atoms with Crippen molar-refractivity contribution in [1.82, 2.24) is 9.21 Å². The molecule has 4 rings (SSSR count). The number of benzene rings is 3. The van der Waals surface area contributed by atoms with Crippen LogP contribution >= 0.6 is 11.9 Å². The molecule has 0 radical (unpaired) electrons. The van der Waals surface area contributed by atoms with Crippen LogP contribution in [0.15, 0.2) is 72.8 Å². The van der Waals surface area contributed by atoms with Gasteiger partial charge in [-0.1, -0.05) is 90.3 Å². The van der Waals surface area contributed by atoms with Crippen molar-refractivity contribution < 1.29 is 0 Å². The summed E-state index contributed by atoms with van der Waals surface area (Å²) < 4.78 is 2.56. The first-order chi connectivity index (χ1) is 14.6. The predicted molar refractivity (Wildman–Crippen MR) is 131 cm³/mol. The molecule has 1 aliphatic rings. The van der Waals surface area contributed by atoms with Crippen molar-refractivity contribution in [3.8, 4) is 11.1 Å². The Labute approximate surface area is 186 Å². The van der Waals surface area contributed by atoms with Crippen molar-refractivity contribution >= 4 is 11.9 Å². The maximum absolute atomic E-state index is 2.62. The fourth-order valence-electron chi connectivity index (χ4n) is 4.43. The van der Waals surface area contributed by atoms with Gasteiger partial charge in [0, 0.05) is 32.2 Å². The normalized spacial score (nSPS) is 17.9. The van der Waals surface area contributed by atoms with Crippen LogP contribution < -0.4 is 0 Å². The summed E-state index contributed by atoms with van der Waals surface area (Å²) in [5.74, 6) is 0. The van der Waals surface area contributed by atoms with Crippen molar-refractivity contribution in [3.63, 3.8) is 0 Å². The van der Waals surface area contributed by atoms with Gasteiger partial charge in [0.15, 0.2) is 0 Å². The first-order valence-electron chi connectivity index (χ1n) is 10.9. The molecule has 156 valence electrons. The second-order valence-corrected chi connectivity index (χ2v) is 9.25. The van der Waals surface area contributed by atoms with Crippen molar-refractivity contribution in [2.75, 3.05) is 25.9 Å². The Balaban J connectivity index is 1.43. The third-order valence-corrected chi connectivity index (χ3v) is 7.08. The molecule has 30 heavy (non-hydrogen) atoms. The zero-order valence-corrected chi connectivity index (χ0v) is 19.2. The van der Waals surface area contributed by atoms with Crippen molar-refractivity contribution in [2.45, 2.75) is 32.9 Å². The number of aryl methyl sites for hydroxylation is 2. The molecule has 1 fully saturated rings. The number of piperazine rings is 1. The van der Waals surface area contributed by atoms with E-state index in [2.05, 4.69) is 102 Å². The monoisotopic (exact) mass is 416 g/mol. The number of hydrogen-bond donors (Lipinski definition) is 0. The van der Waals surface area contributed by atoms with Crippen LogP contribution in [-0.4, -0.2) is 41.1 Å². The summed E-state index contributed by atoms with van der Waals surface area (Å²) in [4.78, 5) is 2.62. The van der Waals surface area contributed by atoms with Gasteiger partial charge in [-0.3, -0.25) is 4.90 Å². The number of hydrogen-bond acceptors (Lipinski definition) is 3. The number of rotatable bonds is 6. The van der Waals surface area contributed by atoms with E-state index in [0.29, 0.717) is 6.04 Å². The second-order valence-electron chi connectivity index (χ2n) is 8.42. The molecule has 1 aliphatic heterocycles. The Bertz CT molecular complexity index is 952. The zero-order valence-electron chi connectivity index (χ0n) is 18.3. The van der Waals surface area contributed by atoms with E-state index in [1.807, 2.05) is 11.9 Å². The average Bonchev–Trinajstić information content (AvgIpc) is 2.77. The van der Waals surface area contributed by atoms with Gasteiger partial charge in [0.2, 0.25) is 0 Å². The summed E-state index contributed by atoms with van der Waals surface area (Å²) in [5.41, 5.74) is 8.15. The Hall–Kier alpha value is -2.07. The van der Waals surface area contributed by atoms with E-state index in [9.17, 15) is 0 Å². The summed E-state index contributed by atoms with van der Waals surface area (Å²) in [5, 5.41) is 0. The summed E-state index contributed by atoms with van der Waals surface area (Å²) in [6.07, 6.45) is 3.32. The maximum atomic E-state index is 2.62. The van der Waals surface area contributed by atoms with Gasteiger partial charge in [0.1, 0.15) is 0 Å². The molecule has 1 heterocycles. The van der Waals surface area contributed by atoms with Crippen LogP contribution in [0.5, 0.6) is 0 Å². The highest BCUT2D eigenvalue weighted by atomic mass is 32.2. The minimum Gasteiger partial charge on any atom is -0.296 e. The Morgan fingerprint density at radius 3 is 2.37 bits per heavy atom. The molecule has 1 atom stereocenters. The first kappa shape index (κ1) is 21.2. The molecule has 0 aliphatic carbocycles. The standard InChI is InChI=1S/C27H32N2S/c1-21-9-10-22(2)27(17-21)25-13-11-24(12-14-25)19-28-15-16-29(30-3)26(20-28)18-23-7-5-4-6-8-23/h4-14,17,26H,15-16,18-20H2,1-3H3. The lowest BCUT2D eigenvalue weighted by Crippen LogP contribution is -2.50. The van der Waals surface area contributed by atoms with E-state index >= 15 is 0 Å². The molecule has 0 N–H and O–H groups in total. The molecule has 0 saturated carbocycles. The minimum absolute atomic E-state index is 0.561. The van der Waals surface area contributed by atoms with Crippen molar-refractivity contribution in [2.24, 2.45) is 0 Å². The molecule has 1 saturated heterocycles. The van der Waals surface area contributed by atoms with Crippen LogP contribution in [0, 0.1) is 13.8 Å². The van der Waals surface area contributed by atoms with E-state index in [1.165, 1.54) is 33.4 Å². The smallest absolute Gasteiger partial charge is 0.0370 e. The van der Waals surface area contributed by atoms with E-state index < -0.39 is 0 Å². The largest absolute Gasteiger partial charge is 0.296 e. The summed E-state index contributed by atoms with van der Waals surface area (Å²) in [6, 6.07) is 27.4. The van der Waals surface area contributed by atoms with Crippen LogP contribution in [0.2, 0.25) is 0 Å². The molecule has 0 bridgehead atoms. The van der Waals surface area contributed by atoms with Gasteiger partial charge >= 0.3 is 0 Å². The molecular formula is C27H32N2S. The van der Waals surface area contributed by atoms with Crippen LogP contribution in [0.3, 0.4) is 0 Å². The highest BCUT2D eigenvalue weighted by Gasteiger charge is 2.26. The molecule has 0 spiro atoms. The zero-order chi connectivity index (χ0) is 20.9. The summed E-state index contributed by atoms with van der Waals surface area (Å²) >= 11 is 1.89. The quantitative estimate of drug-likeness (QED) is 0.457. The molecule has 3 aromatic carbocycles. The Kier molecular flexibility index (Phi) is 6.93. The van der Waals surface area contributed by atoms with Crippen LogP contribution in [-0.2, 0) is 13.0 Å². The molecule has 3 aromatic rings. The first-order valence-corrected chi connectivity index (χ1v) is 12.0. The fourth-order valence-corrected chi connectivity index (χ4v) is 5.14. The molecule has 0 amide bonds. The van der Waals surface area contributed by atoms with E-state index in [1.54, 1.807) is 0 Å². The second kappa shape index (κ2) is 9.82. The highest BCUT2D eigenvalue weighted by Crippen LogP contribution is 2.26. The molecule has 2 nitrogen and oxygen atoms in total. The summed E-state index contributed by atoms with van der Waals surface area (Å²) in [6.45, 7) is 8.76. The fraction of sp³-hybridized carbons (Fsp3) is 0.333. The van der Waals surface area contributed by atoms with Gasteiger partial charge in [-0.05, 0) is 54.3 Å². The Morgan fingerprint density at radius 1 is 0.867 bits per heavy atom. The lowest BCUT2D eigenvalue weighted by Gasteiger charge is -2.40. The third-order valence-electron chi connectivity index (χ3n) is 6.13. The third kappa shape index (κ3) is 5.15. The van der Waals surface area contributed by atoms with Crippen molar-refractivity contribution in [1.29, 1.82) is 0 Å². The molecule has 1 unspecified atom stereocenters. The lowest BCUT2D eigenvalue weighted by molar-refractivity contribution is 0.137. The summed E-state index contributed by atoms with van der Waals surface area (Å²) in [7, 11) is 0. The van der Waals surface area contributed by atoms with Gasteiger partial charge in [-0.25, -0.2) is 4.31 Å². The number of nitrogens with zero attached hydrogens (tertiary/aromatic N) is 2. The van der Waals surface area contributed by atoms with Gasteiger partial charge in [-0.15, -0.1) is 0 Å². The van der Waals surface area contributed by atoms with Crippen LogP contribution in [0.1, 0.15) is 22.3 Å². The molecular weight excluding hydrogens is 384 g/mol. The molecule has 0 aromatic heterocycles. The maximum Gasteiger partial charge on any atom is 0.0370 e. The van der Waals surface area contributed by atoms with Crippen LogP contribution in [0.4, 0.5) is 0 Å². The highest BCUT2D eigenvalue weighted by molar-refractivity contribution is 7.96. The van der Waals surface area contributed by atoms with Gasteiger partial charge < -0.3 is 0 Å². The SMILES string of the molecule is CSN1CCN(Cc2ccc(-c3cc(C)ccc3C)cc2)CC1Cc1ccccc1. The van der Waals surface area contributed by atoms with Crippen molar-refractivity contribution in [3.05, 3.63) is 95.1 Å². The topological polar surface area (TPSA) is 6.48 Å². The van der Waals surface area contributed by atoms with Crippen LogP contribution in [0.25, 0.3) is 11.1 Å². The Morgan fingerprint density at radius 2 is 1.63 bits per heavy atom. The van der Waals surface area contributed by atoms with Gasteiger partial charge in [-0.2, -0.15) is 0 Å². The van der Waals surface area contributed by atoms with E-state index in [0.717, 1.165) is 32.6 Å². The van der Waals surface area contributed by atoms with E-state index in [-0.39, 0.29) is 0 Å². The predicted octanol–water partition coefficient (Wildman–Crippen LogP) is 5.98. The van der Waals surface area contributed by atoms with Gasteiger partial charge in [0.05, 0.1) is 0 Å². The van der Waals surface area contributed by atoms with E-state index in [4.69, 9.17) is 0 Å². The minimum atomic E-state index is 0.561. The lowest BCUT2D eigenvalue weighted by atomic mass is 9.97. The average molecular weight is 417 g/mol. The van der Waals surface area contributed by atoms with Gasteiger partial charge in [0.25, 0.3) is 0 Å².